The Balaban J connectivity index is 1.32. The van der Waals surface area contributed by atoms with Gasteiger partial charge in [0.2, 0.25) is 11.8 Å². The Hall–Kier alpha value is -4.15. The summed E-state index contributed by atoms with van der Waals surface area (Å²) in [6, 6.07) is 17.6. The van der Waals surface area contributed by atoms with Crippen molar-refractivity contribution in [2.75, 3.05) is 23.7 Å². The molecule has 41 heavy (non-hydrogen) atoms. The maximum Gasteiger partial charge on any atom is 0.250 e. The fourth-order valence-electron chi connectivity index (χ4n) is 7.81. The second-order valence-electron chi connectivity index (χ2n) is 11.7. The molecule has 5 heterocycles. The summed E-state index contributed by atoms with van der Waals surface area (Å²) >= 11 is 0. The predicted molar refractivity (Wildman–Crippen MR) is 153 cm³/mol. The van der Waals surface area contributed by atoms with Crippen LogP contribution < -0.4 is 21.0 Å². The number of aromatic nitrogens is 1. The number of fused-ring (bicyclic) bond motifs is 9. The maximum absolute atomic E-state index is 14.7. The molecule has 2 N–H and O–H groups in total. The molecule has 4 aliphatic rings. The molecule has 2 unspecified atom stereocenters. The summed E-state index contributed by atoms with van der Waals surface area (Å²) in [7, 11) is 1.59. The number of pyridine rings is 1. The summed E-state index contributed by atoms with van der Waals surface area (Å²) in [4.78, 5) is 44.6. The zero-order valence-corrected chi connectivity index (χ0v) is 22.8. The van der Waals surface area contributed by atoms with Crippen molar-refractivity contribution in [2.24, 2.45) is 11.8 Å². The zero-order valence-electron chi connectivity index (χ0n) is 22.8. The molecular weight excluding hydrogens is 522 g/mol. The number of carbonyl (C=O) groups excluding carboxylic acids is 2. The highest BCUT2D eigenvalue weighted by Gasteiger charge is 2.51. The highest BCUT2D eigenvalue weighted by atomic mass is 16.8. The van der Waals surface area contributed by atoms with E-state index in [-0.39, 0.29) is 46.2 Å². The third-order valence-electron chi connectivity index (χ3n) is 9.61. The fraction of sp³-hybridized carbons (Fsp3) is 0.387. The molecule has 3 aromatic rings. The molecule has 0 saturated carbocycles. The van der Waals surface area contributed by atoms with Gasteiger partial charge in [-0.25, -0.2) is 0 Å². The quantitative estimate of drug-likeness (QED) is 0.477. The van der Waals surface area contributed by atoms with Gasteiger partial charge in [-0.2, -0.15) is 0 Å². The first kappa shape index (κ1) is 25.8. The number of carbonyl (C=O) groups is 2. The molecule has 0 spiro atoms. The van der Waals surface area contributed by atoms with Crippen molar-refractivity contribution in [1.29, 1.82) is 0 Å². The molecule has 10 nitrogen and oxygen atoms in total. The molecule has 10 heteroatoms. The van der Waals surface area contributed by atoms with Crippen LogP contribution in [0.3, 0.4) is 0 Å². The first-order valence-electron chi connectivity index (χ1n) is 14.2. The van der Waals surface area contributed by atoms with Gasteiger partial charge in [0.15, 0.2) is 0 Å². The highest BCUT2D eigenvalue weighted by molar-refractivity contribution is 5.90. The van der Waals surface area contributed by atoms with E-state index in [1.807, 2.05) is 41.0 Å². The van der Waals surface area contributed by atoms with E-state index in [2.05, 4.69) is 10.2 Å². The summed E-state index contributed by atoms with van der Waals surface area (Å²) in [5, 5.41) is 24.0. The second kappa shape index (κ2) is 9.74. The lowest BCUT2D eigenvalue weighted by molar-refractivity contribution is -0.146. The van der Waals surface area contributed by atoms with Gasteiger partial charge in [0, 0.05) is 62.5 Å². The molecule has 2 amide bonds. The molecule has 2 bridgehead atoms. The molecule has 1 fully saturated rings. The summed E-state index contributed by atoms with van der Waals surface area (Å²) in [6.07, 6.45) is 1.68. The monoisotopic (exact) mass is 554 g/mol. The van der Waals surface area contributed by atoms with Crippen molar-refractivity contribution in [2.45, 2.75) is 50.4 Å². The number of nitrogens with zero attached hydrogens (tertiary/aromatic N) is 4. The number of rotatable bonds is 3. The van der Waals surface area contributed by atoms with E-state index < -0.39 is 12.0 Å². The van der Waals surface area contributed by atoms with Crippen molar-refractivity contribution < 1.29 is 14.8 Å². The van der Waals surface area contributed by atoms with Crippen LogP contribution in [0.2, 0.25) is 0 Å². The number of hydrogen-bond donors (Lipinski definition) is 2. The highest BCUT2D eigenvalue weighted by Crippen LogP contribution is 2.48. The number of anilines is 2. The lowest BCUT2D eigenvalue weighted by Crippen LogP contribution is -2.63. The number of nitrogens with one attached hydrogen (secondary N) is 1. The van der Waals surface area contributed by atoms with Crippen LogP contribution in [-0.4, -0.2) is 52.2 Å². The Morgan fingerprint density at radius 2 is 1.80 bits per heavy atom. The van der Waals surface area contributed by atoms with Gasteiger partial charge in [-0.1, -0.05) is 30.3 Å². The van der Waals surface area contributed by atoms with Gasteiger partial charge < -0.3 is 30.1 Å². The smallest absolute Gasteiger partial charge is 0.250 e. The van der Waals surface area contributed by atoms with Crippen LogP contribution in [0.25, 0.3) is 0 Å². The molecule has 2 aromatic carbocycles. The SMILES string of the molecule is CNC(=O)[C@@H]1Cc2ccccc2CN1C(=O)[C@@H]1Cc2cc(N([O-])O)ccc2N2CC3CC(Cn4c3cccc4=O)[C@@H]12. The van der Waals surface area contributed by atoms with Gasteiger partial charge in [0.1, 0.15) is 6.04 Å². The Bertz CT molecular complexity index is 1600. The van der Waals surface area contributed by atoms with Gasteiger partial charge in [0.25, 0.3) is 5.56 Å². The minimum atomic E-state index is -0.635. The molecule has 7 rings (SSSR count). The standard InChI is InChI=1S/C31H32N5O5/c1-32-30(38)27-14-18-5-2-3-6-19(18)15-35(27)31(39)24-13-20-12-23(36(40)41)9-10-26(20)34-16-21-11-22(29(24)34)17-33-25(21)7-4-8-28(33)37/h2-10,12,21-22,24,27,29,40H,11,13-17H2,1H3,(H,32,38)/q-1/t21?,22?,24-,27+,29+/m1/s1. The molecule has 1 saturated heterocycles. The lowest BCUT2D eigenvalue weighted by atomic mass is 9.69. The summed E-state index contributed by atoms with van der Waals surface area (Å²) in [6.45, 7) is 1.49. The van der Waals surface area contributed by atoms with E-state index in [9.17, 15) is 24.8 Å². The number of hydrogen-bond acceptors (Lipinski definition) is 7. The molecule has 0 radical (unpaired) electrons. The molecule has 1 aromatic heterocycles. The summed E-state index contributed by atoms with van der Waals surface area (Å²) in [5.41, 5.74) is 4.93. The van der Waals surface area contributed by atoms with Crippen molar-refractivity contribution in [3.05, 3.63) is 98.6 Å². The fourth-order valence-corrected chi connectivity index (χ4v) is 7.81. The van der Waals surface area contributed by atoms with Gasteiger partial charge in [-0.15, -0.1) is 0 Å². The maximum atomic E-state index is 14.7. The van der Waals surface area contributed by atoms with E-state index in [1.54, 1.807) is 36.2 Å². The Kier molecular flexibility index (Phi) is 6.13. The minimum absolute atomic E-state index is 0.0276. The van der Waals surface area contributed by atoms with Crippen molar-refractivity contribution in [1.82, 2.24) is 14.8 Å². The number of amides is 2. The van der Waals surface area contributed by atoms with Crippen LogP contribution in [0.5, 0.6) is 0 Å². The molecule has 4 aliphatic heterocycles. The van der Waals surface area contributed by atoms with Crippen molar-refractivity contribution >= 4 is 23.2 Å². The van der Waals surface area contributed by atoms with E-state index >= 15 is 0 Å². The normalized spacial score (nSPS) is 25.8. The van der Waals surface area contributed by atoms with Crippen molar-refractivity contribution in [3.63, 3.8) is 0 Å². The molecule has 5 atom stereocenters. The first-order chi connectivity index (χ1) is 19.8. The number of likely N-dealkylation sites (N-methyl/N-ethyl adjacent to an activating group) is 1. The van der Waals surface area contributed by atoms with E-state index in [0.29, 0.717) is 32.5 Å². The van der Waals surface area contributed by atoms with Crippen LogP contribution in [0, 0.1) is 17.0 Å². The summed E-state index contributed by atoms with van der Waals surface area (Å²) in [5.74, 6) is -0.637. The van der Waals surface area contributed by atoms with Crippen LogP contribution in [0.4, 0.5) is 11.4 Å². The second-order valence-corrected chi connectivity index (χ2v) is 11.7. The van der Waals surface area contributed by atoms with Crippen LogP contribution in [-0.2, 0) is 35.5 Å². The van der Waals surface area contributed by atoms with Gasteiger partial charge in [-0.3, -0.25) is 19.6 Å². The van der Waals surface area contributed by atoms with E-state index in [0.717, 1.165) is 34.5 Å². The average Bonchev–Trinajstić information content (AvgIpc) is 2.99. The van der Waals surface area contributed by atoms with Gasteiger partial charge in [0.05, 0.1) is 11.6 Å². The predicted octanol–water partition coefficient (Wildman–Crippen LogP) is 2.41. The van der Waals surface area contributed by atoms with E-state index in [1.165, 1.54) is 0 Å². The third kappa shape index (κ3) is 4.12. The Morgan fingerprint density at radius 3 is 2.59 bits per heavy atom. The average molecular weight is 555 g/mol. The minimum Gasteiger partial charge on any atom is -0.733 e. The van der Waals surface area contributed by atoms with Crippen LogP contribution in [0.15, 0.2) is 65.5 Å². The third-order valence-corrected chi connectivity index (χ3v) is 9.61. The van der Waals surface area contributed by atoms with Crippen LogP contribution in [0.1, 0.15) is 34.7 Å². The Morgan fingerprint density at radius 1 is 1.00 bits per heavy atom. The van der Waals surface area contributed by atoms with Crippen molar-refractivity contribution in [3.8, 4) is 0 Å². The topological polar surface area (TPSA) is 121 Å². The zero-order chi connectivity index (χ0) is 28.4. The first-order valence-corrected chi connectivity index (χ1v) is 14.2. The Labute approximate surface area is 237 Å². The largest absolute Gasteiger partial charge is 0.733 e. The number of benzene rings is 2. The molecule has 0 aliphatic carbocycles. The lowest BCUT2D eigenvalue weighted by Gasteiger charge is -2.55. The van der Waals surface area contributed by atoms with E-state index in [4.69, 9.17) is 0 Å². The van der Waals surface area contributed by atoms with Gasteiger partial charge >= 0.3 is 0 Å². The molecule has 212 valence electrons. The summed E-state index contributed by atoms with van der Waals surface area (Å²) < 4.78 is 1.86. The van der Waals surface area contributed by atoms with Gasteiger partial charge in [-0.05, 0) is 59.7 Å². The number of piperidine rings is 1. The molecular formula is C31H32N5O5-. The van der Waals surface area contributed by atoms with Crippen LogP contribution >= 0.6 is 0 Å².